The third-order valence-electron chi connectivity index (χ3n) is 7.23. The zero-order valence-electron chi connectivity index (χ0n) is 22.1. The number of aliphatic hydroxyl groups excluding tert-OH is 1. The largest absolute Gasteiger partial charge is 0.433 e. The van der Waals surface area contributed by atoms with E-state index in [9.17, 15) is 28.2 Å². The van der Waals surface area contributed by atoms with E-state index in [0.29, 0.717) is 47.6 Å². The van der Waals surface area contributed by atoms with Crippen LogP contribution in [-0.4, -0.2) is 31.1 Å². The van der Waals surface area contributed by atoms with Crippen LogP contribution in [0.4, 0.5) is 30.5 Å². The van der Waals surface area contributed by atoms with Crippen LogP contribution < -0.4 is 10.6 Å². The Balaban J connectivity index is 1.54. The number of nitrogens with zero attached hydrogens (tertiary/aromatic N) is 4. The number of nitrogens with two attached hydrogens (primary N) is 1. The number of thiazole rings is 1. The molecule has 214 valence electrons. The van der Waals surface area contributed by atoms with Gasteiger partial charge in [0.05, 0.1) is 17.2 Å². The summed E-state index contributed by atoms with van der Waals surface area (Å²) in [6, 6.07) is 13.1. The number of primary amides is 1. The molecule has 1 saturated carbocycles. The lowest BCUT2D eigenvalue weighted by Gasteiger charge is -2.33. The van der Waals surface area contributed by atoms with Crippen molar-refractivity contribution in [3.63, 3.8) is 0 Å². The third-order valence-corrected chi connectivity index (χ3v) is 8.47. The van der Waals surface area contributed by atoms with Gasteiger partial charge in [-0.3, -0.25) is 9.69 Å². The highest BCUT2D eigenvalue weighted by Gasteiger charge is 2.39. The number of aromatic nitrogens is 3. The third kappa shape index (κ3) is 6.09. The molecule has 0 unspecified atom stereocenters. The maximum Gasteiger partial charge on any atom is 0.433 e. The summed E-state index contributed by atoms with van der Waals surface area (Å²) in [5.74, 6) is -0.789. The van der Waals surface area contributed by atoms with Crippen molar-refractivity contribution in [3.8, 4) is 10.4 Å². The molecule has 0 bridgehead atoms. The fourth-order valence-electron chi connectivity index (χ4n) is 5.00. The van der Waals surface area contributed by atoms with Gasteiger partial charge in [0.25, 0.3) is 0 Å². The number of hydrogen-bond acceptors (Lipinski definition) is 8. The van der Waals surface area contributed by atoms with Gasteiger partial charge < -0.3 is 15.9 Å². The lowest BCUT2D eigenvalue weighted by atomic mass is 9.79. The first-order valence-electron chi connectivity index (χ1n) is 13.0. The Labute approximate surface area is 238 Å². The van der Waals surface area contributed by atoms with E-state index in [1.807, 2.05) is 25.1 Å². The summed E-state index contributed by atoms with van der Waals surface area (Å²) in [7, 11) is 0. The molecule has 0 saturated heterocycles. The van der Waals surface area contributed by atoms with Gasteiger partial charge in [0.2, 0.25) is 11.9 Å². The molecule has 4 aromatic rings. The number of rotatable bonds is 7. The van der Waals surface area contributed by atoms with Gasteiger partial charge in [-0.05, 0) is 79.6 Å². The molecule has 0 radical (unpaired) electrons. The Kier molecular flexibility index (Phi) is 7.82. The van der Waals surface area contributed by atoms with Crippen LogP contribution in [0.2, 0.25) is 0 Å². The Hall–Kier alpha value is -3.87. The smallest absolute Gasteiger partial charge is 0.392 e. The monoisotopic (exact) mass is 583 g/mol. The predicted molar refractivity (Wildman–Crippen MR) is 149 cm³/mol. The molecule has 2 aromatic carbocycles. The van der Waals surface area contributed by atoms with Crippen LogP contribution in [0.3, 0.4) is 0 Å². The highest BCUT2D eigenvalue weighted by molar-refractivity contribution is 7.15. The molecule has 0 aliphatic heterocycles. The van der Waals surface area contributed by atoms with E-state index >= 15 is 0 Å². The van der Waals surface area contributed by atoms with Crippen molar-refractivity contribution >= 4 is 34.6 Å². The van der Waals surface area contributed by atoms with Crippen LogP contribution >= 0.6 is 11.3 Å². The molecular formula is C29H28F3N5O3S. The average molecular weight is 584 g/mol. The van der Waals surface area contributed by atoms with Gasteiger partial charge in [-0.25, -0.2) is 15.0 Å². The normalized spacial score (nSPS) is 19.2. The maximum atomic E-state index is 13.5. The molecule has 1 fully saturated rings. The van der Waals surface area contributed by atoms with E-state index in [-0.39, 0.29) is 24.4 Å². The highest BCUT2D eigenvalue weighted by Crippen LogP contribution is 2.44. The number of aliphatic hydroxyl groups is 2. The van der Waals surface area contributed by atoms with Crippen molar-refractivity contribution in [2.24, 2.45) is 11.7 Å². The van der Waals surface area contributed by atoms with Crippen LogP contribution in [0.15, 0.2) is 60.9 Å². The summed E-state index contributed by atoms with van der Waals surface area (Å²) < 4.78 is 40.6. The minimum atomic E-state index is -4.66. The predicted octanol–water partition coefficient (Wildman–Crippen LogP) is 5.75. The van der Waals surface area contributed by atoms with Gasteiger partial charge in [-0.15, -0.1) is 11.3 Å². The van der Waals surface area contributed by atoms with Crippen LogP contribution in [0, 0.1) is 12.8 Å². The molecule has 1 amide bonds. The van der Waals surface area contributed by atoms with Crippen LogP contribution in [-0.2, 0) is 23.2 Å². The fourth-order valence-corrected chi connectivity index (χ4v) is 6.04. The molecule has 1 aliphatic carbocycles. The summed E-state index contributed by atoms with van der Waals surface area (Å²) in [6.07, 6.45) is -0.212. The second kappa shape index (κ2) is 11.2. The number of alkyl halides is 3. The molecule has 1 aliphatic rings. The fraction of sp³-hybridized carbons (Fsp3) is 0.310. The van der Waals surface area contributed by atoms with Gasteiger partial charge in [0.1, 0.15) is 16.3 Å². The number of amides is 1. The molecule has 2 aromatic heterocycles. The average Bonchev–Trinajstić information content (AvgIpc) is 3.45. The summed E-state index contributed by atoms with van der Waals surface area (Å²) in [5.41, 5.74) is 6.46. The first-order chi connectivity index (χ1) is 19.5. The Morgan fingerprint density at radius 3 is 2.44 bits per heavy atom. The molecule has 5 rings (SSSR count). The van der Waals surface area contributed by atoms with Crippen LogP contribution in [0.5, 0.6) is 0 Å². The first kappa shape index (κ1) is 28.7. The number of carbonyl (C=O) groups is 1. The van der Waals surface area contributed by atoms with E-state index in [1.54, 1.807) is 30.5 Å². The standard InChI is InChI=1S/C29H28F3N5O3S/c1-17-12-20(23-15-35-26(41-23)28(40)9-6-19(7-10-28)25(33)39)14-22(13-17)37(21-4-2-18(16-38)3-5-21)27-34-11-8-24(36-27)29(30,31)32/h2-5,8,11-15,19,38,40H,6-7,9-10,16H2,1H3,(H2,33,39). The molecule has 2 heterocycles. The second-order valence-electron chi connectivity index (χ2n) is 10.2. The SMILES string of the molecule is Cc1cc(-c2cnc(C3(O)CCC(C(N)=O)CC3)s2)cc(N(c2ccc(CO)cc2)c2nccc(C(F)(F)F)n2)c1. The van der Waals surface area contributed by atoms with Crippen molar-refractivity contribution in [2.45, 2.75) is 51.0 Å². The summed E-state index contributed by atoms with van der Waals surface area (Å²) in [5, 5.41) is 21.3. The topological polar surface area (TPSA) is 125 Å². The van der Waals surface area contributed by atoms with Gasteiger partial charge in [0.15, 0.2) is 0 Å². The Morgan fingerprint density at radius 1 is 1.10 bits per heavy atom. The maximum absolute atomic E-state index is 13.5. The number of benzene rings is 2. The zero-order valence-corrected chi connectivity index (χ0v) is 22.9. The van der Waals surface area contributed by atoms with E-state index in [0.717, 1.165) is 28.3 Å². The molecule has 0 atom stereocenters. The number of halogens is 3. The Morgan fingerprint density at radius 2 is 1.80 bits per heavy atom. The zero-order chi connectivity index (χ0) is 29.4. The van der Waals surface area contributed by atoms with Crippen molar-refractivity contribution in [3.05, 3.63) is 82.8 Å². The summed E-state index contributed by atoms with van der Waals surface area (Å²) in [6.45, 7) is 1.69. The molecule has 12 heteroatoms. The molecule has 0 spiro atoms. The number of aryl methyl sites for hydroxylation is 1. The minimum Gasteiger partial charge on any atom is -0.392 e. The van der Waals surface area contributed by atoms with E-state index < -0.39 is 17.5 Å². The van der Waals surface area contributed by atoms with Gasteiger partial charge >= 0.3 is 6.18 Å². The van der Waals surface area contributed by atoms with Gasteiger partial charge in [-0.2, -0.15) is 13.2 Å². The molecule has 8 nitrogen and oxygen atoms in total. The van der Waals surface area contributed by atoms with E-state index in [2.05, 4.69) is 15.0 Å². The van der Waals surface area contributed by atoms with Crippen LogP contribution in [0.1, 0.15) is 47.5 Å². The Bertz CT molecular complexity index is 1550. The summed E-state index contributed by atoms with van der Waals surface area (Å²) in [4.78, 5) is 26.3. The van der Waals surface area contributed by atoms with E-state index in [4.69, 9.17) is 5.73 Å². The van der Waals surface area contributed by atoms with E-state index in [1.165, 1.54) is 16.2 Å². The summed E-state index contributed by atoms with van der Waals surface area (Å²) >= 11 is 1.33. The molecular weight excluding hydrogens is 555 g/mol. The van der Waals surface area contributed by atoms with Gasteiger partial charge in [-0.1, -0.05) is 18.2 Å². The van der Waals surface area contributed by atoms with Crippen molar-refractivity contribution < 1.29 is 28.2 Å². The lowest BCUT2D eigenvalue weighted by molar-refractivity contribution is -0.141. The second-order valence-corrected chi connectivity index (χ2v) is 11.2. The highest BCUT2D eigenvalue weighted by atomic mass is 32.1. The number of hydrogen-bond donors (Lipinski definition) is 3. The quantitative estimate of drug-likeness (QED) is 0.253. The van der Waals surface area contributed by atoms with Crippen molar-refractivity contribution in [1.82, 2.24) is 15.0 Å². The number of carbonyl (C=O) groups excluding carboxylic acids is 1. The molecule has 41 heavy (non-hydrogen) atoms. The number of anilines is 3. The lowest BCUT2D eigenvalue weighted by Crippen LogP contribution is -2.35. The minimum absolute atomic E-state index is 0.168. The van der Waals surface area contributed by atoms with Crippen molar-refractivity contribution in [1.29, 1.82) is 0 Å². The first-order valence-corrected chi connectivity index (χ1v) is 13.8. The van der Waals surface area contributed by atoms with Gasteiger partial charge in [0, 0.05) is 24.0 Å². The van der Waals surface area contributed by atoms with Crippen molar-refractivity contribution in [2.75, 3.05) is 4.90 Å². The van der Waals surface area contributed by atoms with Crippen LogP contribution in [0.25, 0.3) is 10.4 Å². The molecule has 4 N–H and O–H groups in total.